The van der Waals surface area contributed by atoms with E-state index in [-0.39, 0.29) is 17.1 Å². The normalized spacial score (nSPS) is 11.6. The standard InChI is InChI=1S/C21H23FN2O/c1-21(2,16-6-4-3-5-7-16)13-20(25)23-11-10-15-14-24-19-9-8-17(22)12-18(15)19/h3-9,12,14,24H,10-11,13H2,1-2H3,(H,23,25). The van der Waals surface area contributed by atoms with Crippen LogP contribution in [-0.2, 0) is 16.6 Å². The second-order valence-electron chi connectivity index (χ2n) is 7.03. The molecule has 0 unspecified atom stereocenters. The Bertz CT molecular complexity index is 868. The number of aromatic nitrogens is 1. The predicted octanol–water partition coefficient (Wildman–Crippen LogP) is 4.33. The van der Waals surface area contributed by atoms with E-state index in [0.29, 0.717) is 19.4 Å². The summed E-state index contributed by atoms with van der Waals surface area (Å²) in [5.41, 5.74) is 2.86. The summed E-state index contributed by atoms with van der Waals surface area (Å²) in [5.74, 6) is -0.220. The van der Waals surface area contributed by atoms with Crippen LogP contribution in [0.25, 0.3) is 10.9 Å². The third-order valence-electron chi connectivity index (χ3n) is 4.60. The summed E-state index contributed by atoms with van der Waals surface area (Å²) in [7, 11) is 0. The van der Waals surface area contributed by atoms with Crippen molar-refractivity contribution in [2.24, 2.45) is 0 Å². The predicted molar refractivity (Wildman–Crippen MR) is 99.1 cm³/mol. The molecule has 0 aliphatic carbocycles. The molecule has 0 aliphatic rings. The van der Waals surface area contributed by atoms with E-state index in [9.17, 15) is 9.18 Å². The molecule has 0 atom stereocenters. The highest BCUT2D eigenvalue weighted by Crippen LogP contribution is 2.26. The first-order valence-corrected chi connectivity index (χ1v) is 8.53. The summed E-state index contributed by atoms with van der Waals surface area (Å²) < 4.78 is 13.4. The minimum Gasteiger partial charge on any atom is -0.361 e. The van der Waals surface area contributed by atoms with Gasteiger partial charge >= 0.3 is 0 Å². The van der Waals surface area contributed by atoms with Crippen molar-refractivity contribution in [3.8, 4) is 0 Å². The lowest BCUT2D eigenvalue weighted by molar-refractivity contribution is -0.122. The molecule has 0 saturated carbocycles. The number of halogens is 1. The van der Waals surface area contributed by atoms with Crippen molar-refractivity contribution in [1.29, 1.82) is 0 Å². The van der Waals surface area contributed by atoms with Gasteiger partial charge in [-0.3, -0.25) is 4.79 Å². The molecule has 1 aromatic heterocycles. The van der Waals surface area contributed by atoms with Gasteiger partial charge in [0.05, 0.1) is 0 Å². The largest absolute Gasteiger partial charge is 0.361 e. The first-order chi connectivity index (χ1) is 12.0. The van der Waals surface area contributed by atoms with Gasteiger partial charge in [0.25, 0.3) is 0 Å². The Labute approximate surface area is 147 Å². The van der Waals surface area contributed by atoms with Crippen LogP contribution in [0.1, 0.15) is 31.4 Å². The smallest absolute Gasteiger partial charge is 0.220 e. The van der Waals surface area contributed by atoms with Gasteiger partial charge in [-0.2, -0.15) is 0 Å². The first kappa shape index (κ1) is 17.2. The molecular formula is C21H23FN2O. The number of nitrogens with one attached hydrogen (secondary N) is 2. The zero-order valence-corrected chi connectivity index (χ0v) is 14.6. The molecule has 25 heavy (non-hydrogen) atoms. The number of amides is 1. The Balaban J connectivity index is 1.56. The molecular weight excluding hydrogens is 315 g/mol. The van der Waals surface area contributed by atoms with Crippen molar-refractivity contribution in [3.05, 3.63) is 71.7 Å². The molecule has 3 nitrogen and oxygen atoms in total. The van der Waals surface area contributed by atoms with Gasteiger partial charge in [0, 0.05) is 30.1 Å². The van der Waals surface area contributed by atoms with Crippen LogP contribution in [0.2, 0.25) is 0 Å². The van der Waals surface area contributed by atoms with Crippen molar-refractivity contribution in [2.45, 2.75) is 32.1 Å². The number of carbonyl (C=O) groups excluding carboxylic acids is 1. The number of rotatable bonds is 6. The summed E-state index contributed by atoms with van der Waals surface area (Å²) in [6.07, 6.45) is 2.98. The van der Waals surface area contributed by atoms with E-state index in [2.05, 4.69) is 24.1 Å². The maximum absolute atomic E-state index is 13.4. The SMILES string of the molecule is CC(C)(CC(=O)NCCc1c[nH]c2ccc(F)cc12)c1ccccc1. The number of H-pyrrole nitrogens is 1. The lowest BCUT2D eigenvalue weighted by Crippen LogP contribution is -2.32. The molecule has 0 radical (unpaired) electrons. The number of aromatic amines is 1. The van der Waals surface area contributed by atoms with Gasteiger partial charge in [-0.1, -0.05) is 44.2 Å². The zero-order valence-electron chi connectivity index (χ0n) is 14.6. The van der Waals surface area contributed by atoms with E-state index in [4.69, 9.17) is 0 Å². The fourth-order valence-corrected chi connectivity index (χ4v) is 3.15. The Kier molecular flexibility index (Phi) is 4.88. The van der Waals surface area contributed by atoms with Gasteiger partial charge in [0.15, 0.2) is 0 Å². The molecule has 3 rings (SSSR count). The van der Waals surface area contributed by atoms with E-state index < -0.39 is 0 Å². The molecule has 2 N–H and O–H groups in total. The van der Waals surface area contributed by atoms with Crippen molar-refractivity contribution < 1.29 is 9.18 Å². The lowest BCUT2D eigenvalue weighted by atomic mass is 9.81. The first-order valence-electron chi connectivity index (χ1n) is 8.53. The van der Waals surface area contributed by atoms with Crippen LogP contribution in [0.4, 0.5) is 4.39 Å². The highest BCUT2D eigenvalue weighted by molar-refractivity contribution is 5.83. The second kappa shape index (κ2) is 7.09. The van der Waals surface area contributed by atoms with Crippen LogP contribution in [0.3, 0.4) is 0 Å². The van der Waals surface area contributed by atoms with Crippen molar-refractivity contribution in [3.63, 3.8) is 0 Å². The zero-order chi connectivity index (χ0) is 17.9. The highest BCUT2D eigenvalue weighted by Gasteiger charge is 2.23. The number of carbonyl (C=O) groups is 1. The van der Waals surface area contributed by atoms with Crippen LogP contribution < -0.4 is 5.32 Å². The molecule has 3 aromatic rings. The molecule has 2 aromatic carbocycles. The number of fused-ring (bicyclic) bond motifs is 1. The third-order valence-corrected chi connectivity index (χ3v) is 4.60. The second-order valence-corrected chi connectivity index (χ2v) is 7.03. The summed E-state index contributed by atoms with van der Waals surface area (Å²) >= 11 is 0. The Morgan fingerprint density at radius 3 is 2.68 bits per heavy atom. The van der Waals surface area contributed by atoms with E-state index in [1.807, 2.05) is 36.5 Å². The number of hydrogen-bond acceptors (Lipinski definition) is 1. The van der Waals surface area contributed by atoms with Crippen LogP contribution >= 0.6 is 0 Å². The molecule has 0 bridgehead atoms. The van der Waals surface area contributed by atoms with E-state index in [0.717, 1.165) is 22.0 Å². The molecule has 0 spiro atoms. The van der Waals surface area contributed by atoms with Gasteiger partial charge in [-0.25, -0.2) is 4.39 Å². The topological polar surface area (TPSA) is 44.9 Å². The summed E-state index contributed by atoms with van der Waals surface area (Å²) in [4.78, 5) is 15.4. The van der Waals surface area contributed by atoms with Gasteiger partial charge in [-0.15, -0.1) is 0 Å². The van der Waals surface area contributed by atoms with Gasteiger partial charge in [0.2, 0.25) is 5.91 Å². The molecule has 130 valence electrons. The maximum atomic E-state index is 13.4. The van der Waals surface area contributed by atoms with Crippen molar-refractivity contribution >= 4 is 16.8 Å². The third kappa shape index (κ3) is 4.08. The number of benzene rings is 2. The number of hydrogen-bond donors (Lipinski definition) is 2. The fraction of sp³-hybridized carbons (Fsp3) is 0.286. The molecule has 0 aliphatic heterocycles. The van der Waals surface area contributed by atoms with Crippen LogP contribution in [0, 0.1) is 5.82 Å². The average molecular weight is 338 g/mol. The molecule has 1 amide bonds. The Morgan fingerprint density at radius 1 is 1.16 bits per heavy atom. The molecule has 0 fully saturated rings. The van der Waals surface area contributed by atoms with Gasteiger partial charge < -0.3 is 10.3 Å². The fourth-order valence-electron chi connectivity index (χ4n) is 3.15. The molecule has 0 saturated heterocycles. The van der Waals surface area contributed by atoms with Gasteiger partial charge in [-0.05, 0) is 41.2 Å². The summed E-state index contributed by atoms with van der Waals surface area (Å²) in [5, 5.41) is 3.85. The molecule has 4 heteroatoms. The van der Waals surface area contributed by atoms with Crippen LogP contribution in [0.15, 0.2) is 54.7 Å². The van der Waals surface area contributed by atoms with Crippen molar-refractivity contribution in [1.82, 2.24) is 10.3 Å². The van der Waals surface area contributed by atoms with Crippen LogP contribution in [0.5, 0.6) is 0 Å². The van der Waals surface area contributed by atoms with E-state index in [1.165, 1.54) is 12.1 Å². The summed E-state index contributed by atoms with van der Waals surface area (Å²) in [6.45, 7) is 4.68. The van der Waals surface area contributed by atoms with E-state index in [1.54, 1.807) is 6.07 Å². The average Bonchev–Trinajstić information content (AvgIpc) is 2.97. The van der Waals surface area contributed by atoms with Gasteiger partial charge in [0.1, 0.15) is 5.82 Å². The Hall–Kier alpha value is -2.62. The van der Waals surface area contributed by atoms with Crippen LogP contribution in [-0.4, -0.2) is 17.4 Å². The summed E-state index contributed by atoms with van der Waals surface area (Å²) in [6, 6.07) is 14.8. The maximum Gasteiger partial charge on any atom is 0.220 e. The molecule has 1 heterocycles. The monoisotopic (exact) mass is 338 g/mol. The highest BCUT2D eigenvalue weighted by atomic mass is 19.1. The minimum absolute atomic E-state index is 0.0277. The Morgan fingerprint density at radius 2 is 1.92 bits per heavy atom. The lowest BCUT2D eigenvalue weighted by Gasteiger charge is -2.24. The quantitative estimate of drug-likeness (QED) is 0.690. The minimum atomic E-state index is -0.248. The van der Waals surface area contributed by atoms with E-state index >= 15 is 0 Å². The van der Waals surface area contributed by atoms with Crippen molar-refractivity contribution in [2.75, 3.05) is 6.54 Å².